The third-order valence-corrected chi connectivity index (χ3v) is 7.15. The zero-order valence-corrected chi connectivity index (χ0v) is 14.7. The maximum absolute atomic E-state index is 12.9. The van der Waals surface area contributed by atoms with Gasteiger partial charge < -0.3 is 9.73 Å². The normalized spacial score (nSPS) is 33.8. The summed E-state index contributed by atoms with van der Waals surface area (Å²) in [6.07, 6.45) is 9.28. The summed E-state index contributed by atoms with van der Waals surface area (Å²) in [5, 5.41) is 4.20. The Labute approximate surface area is 145 Å². The summed E-state index contributed by atoms with van der Waals surface area (Å²) in [5.41, 5.74) is 0.606. The van der Waals surface area contributed by atoms with Crippen LogP contribution in [0.25, 0.3) is 10.8 Å². The van der Waals surface area contributed by atoms with Crippen LogP contribution in [0.4, 0.5) is 0 Å². The Balaban J connectivity index is 1.39. The lowest BCUT2D eigenvalue weighted by molar-refractivity contribution is -0.0167. The van der Waals surface area contributed by atoms with E-state index < -0.39 is 0 Å². The first-order valence-electron chi connectivity index (χ1n) is 8.94. The van der Waals surface area contributed by atoms with E-state index in [0.29, 0.717) is 5.69 Å². The van der Waals surface area contributed by atoms with Crippen LogP contribution in [0, 0.1) is 24.7 Å². The van der Waals surface area contributed by atoms with E-state index in [1.165, 1.54) is 49.9 Å². The fourth-order valence-electron chi connectivity index (χ4n) is 5.68. The highest BCUT2D eigenvalue weighted by atomic mass is 32.1. The van der Waals surface area contributed by atoms with E-state index in [-0.39, 0.29) is 11.4 Å². The van der Waals surface area contributed by atoms with Gasteiger partial charge in [0.2, 0.25) is 0 Å². The largest absolute Gasteiger partial charge is 0.462 e. The fraction of sp³-hybridized carbons (Fsp3) is 0.579. The monoisotopic (exact) mass is 342 g/mol. The molecule has 5 heteroatoms. The lowest BCUT2D eigenvalue weighted by Gasteiger charge is -2.56. The van der Waals surface area contributed by atoms with Crippen LogP contribution in [0.2, 0.25) is 0 Å². The van der Waals surface area contributed by atoms with Crippen LogP contribution in [0.1, 0.15) is 53.9 Å². The zero-order chi connectivity index (χ0) is 16.3. The second-order valence-corrected chi connectivity index (χ2v) is 9.26. The number of amides is 1. The second kappa shape index (κ2) is 5.19. The summed E-state index contributed by atoms with van der Waals surface area (Å²) in [7, 11) is 0. The molecule has 0 atom stereocenters. The number of carbonyl (C=O) groups excluding carboxylic acids is 1. The molecule has 4 saturated carbocycles. The summed E-state index contributed by atoms with van der Waals surface area (Å²) in [6.45, 7) is 1.97. The quantitative estimate of drug-likeness (QED) is 0.899. The van der Waals surface area contributed by atoms with E-state index in [2.05, 4.69) is 10.3 Å². The van der Waals surface area contributed by atoms with E-state index in [1.54, 1.807) is 6.26 Å². The molecule has 4 nitrogen and oxygen atoms in total. The van der Waals surface area contributed by atoms with Gasteiger partial charge >= 0.3 is 0 Å². The molecule has 4 bridgehead atoms. The average Bonchev–Trinajstić information content (AvgIpc) is 3.14. The SMILES string of the molecule is Cc1sc(-c2ccco2)nc1C(=O)NC12CC3CC(CC(C3)C1)C2. The van der Waals surface area contributed by atoms with Gasteiger partial charge in [-0.25, -0.2) is 4.98 Å². The molecule has 126 valence electrons. The number of hydrogen-bond donors (Lipinski definition) is 1. The van der Waals surface area contributed by atoms with Gasteiger partial charge in [-0.1, -0.05) is 0 Å². The Bertz CT molecular complexity index is 742. The van der Waals surface area contributed by atoms with Crippen molar-refractivity contribution in [2.24, 2.45) is 17.8 Å². The topological polar surface area (TPSA) is 55.1 Å². The number of thiazole rings is 1. The first kappa shape index (κ1) is 14.7. The molecule has 0 saturated heterocycles. The number of nitrogens with zero attached hydrogens (tertiary/aromatic N) is 1. The van der Waals surface area contributed by atoms with Gasteiger partial charge in [0.25, 0.3) is 5.91 Å². The molecule has 0 unspecified atom stereocenters. The summed E-state index contributed by atoms with van der Waals surface area (Å²) in [4.78, 5) is 18.5. The van der Waals surface area contributed by atoms with E-state index in [9.17, 15) is 4.79 Å². The van der Waals surface area contributed by atoms with Gasteiger partial charge in [-0.15, -0.1) is 11.3 Å². The minimum absolute atomic E-state index is 0.00325. The van der Waals surface area contributed by atoms with Gasteiger partial charge in [0.05, 0.1) is 6.26 Å². The van der Waals surface area contributed by atoms with Gasteiger partial charge in [-0.2, -0.15) is 0 Å². The molecule has 0 spiro atoms. The Morgan fingerprint density at radius 2 is 1.92 bits per heavy atom. The summed E-state index contributed by atoms with van der Waals surface area (Å²) >= 11 is 1.53. The van der Waals surface area contributed by atoms with Crippen molar-refractivity contribution in [1.82, 2.24) is 10.3 Å². The lowest BCUT2D eigenvalue weighted by atomic mass is 9.53. The summed E-state index contributed by atoms with van der Waals surface area (Å²) in [5.74, 6) is 3.21. The van der Waals surface area contributed by atoms with E-state index >= 15 is 0 Å². The molecule has 2 heterocycles. The number of aryl methyl sites for hydroxylation is 1. The molecule has 0 aromatic carbocycles. The zero-order valence-electron chi connectivity index (χ0n) is 13.9. The van der Waals surface area contributed by atoms with Crippen LogP contribution in [0.5, 0.6) is 0 Å². The number of carbonyl (C=O) groups is 1. The number of aromatic nitrogens is 1. The highest BCUT2D eigenvalue weighted by Gasteiger charge is 2.51. The Morgan fingerprint density at radius 3 is 2.50 bits per heavy atom. The molecule has 2 aromatic rings. The molecular formula is C19H22N2O2S. The third kappa shape index (κ3) is 2.32. The van der Waals surface area contributed by atoms with Crippen molar-refractivity contribution in [3.8, 4) is 10.8 Å². The molecule has 6 rings (SSSR count). The molecule has 0 aliphatic heterocycles. The van der Waals surface area contributed by atoms with Crippen LogP contribution in [-0.2, 0) is 0 Å². The van der Waals surface area contributed by atoms with E-state index in [1.807, 2.05) is 19.1 Å². The molecule has 1 N–H and O–H groups in total. The fourth-order valence-corrected chi connectivity index (χ4v) is 6.56. The molecule has 24 heavy (non-hydrogen) atoms. The lowest BCUT2D eigenvalue weighted by Crippen LogP contribution is -2.59. The Hall–Kier alpha value is -1.62. The first-order chi connectivity index (χ1) is 11.6. The molecule has 2 aromatic heterocycles. The van der Waals surface area contributed by atoms with Crippen molar-refractivity contribution in [2.75, 3.05) is 0 Å². The standard InChI is InChI=1S/C19H22N2O2S/c1-11-16(20-18(24-11)15-3-2-4-23-15)17(22)21-19-8-12-5-13(9-19)7-14(6-12)10-19/h2-4,12-14H,5-10H2,1H3,(H,21,22). The number of rotatable bonds is 3. The Kier molecular flexibility index (Phi) is 3.18. The summed E-state index contributed by atoms with van der Waals surface area (Å²) < 4.78 is 5.42. The minimum atomic E-state index is 0.00325. The summed E-state index contributed by atoms with van der Waals surface area (Å²) in [6, 6.07) is 3.74. The van der Waals surface area contributed by atoms with Gasteiger partial charge in [0.1, 0.15) is 5.69 Å². The molecule has 4 aliphatic rings. The average molecular weight is 342 g/mol. The van der Waals surface area contributed by atoms with E-state index in [4.69, 9.17) is 4.42 Å². The van der Waals surface area contributed by atoms with Crippen molar-refractivity contribution >= 4 is 17.2 Å². The van der Waals surface area contributed by atoms with Crippen molar-refractivity contribution in [3.05, 3.63) is 29.0 Å². The van der Waals surface area contributed by atoms with Crippen LogP contribution in [-0.4, -0.2) is 16.4 Å². The Morgan fingerprint density at radius 1 is 1.25 bits per heavy atom. The van der Waals surface area contributed by atoms with Gasteiger partial charge in [-0.05, 0) is 75.3 Å². The van der Waals surface area contributed by atoms with Crippen molar-refractivity contribution < 1.29 is 9.21 Å². The van der Waals surface area contributed by atoms with Crippen molar-refractivity contribution in [1.29, 1.82) is 0 Å². The van der Waals surface area contributed by atoms with Gasteiger partial charge in [-0.3, -0.25) is 4.79 Å². The molecule has 0 radical (unpaired) electrons. The van der Waals surface area contributed by atoms with Crippen LogP contribution in [0.3, 0.4) is 0 Å². The van der Waals surface area contributed by atoms with Crippen LogP contribution < -0.4 is 5.32 Å². The molecular weight excluding hydrogens is 320 g/mol. The van der Waals surface area contributed by atoms with Crippen molar-refractivity contribution in [3.63, 3.8) is 0 Å². The first-order valence-corrected chi connectivity index (χ1v) is 9.76. The minimum Gasteiger partial charge on any atom is -0.462 e. The van der Waals surface area contributed by atoms with Crippen molar-refractivity contribution in [2.45, 2.75) is 51.0 Å². The van der Waals surface area contributed by atoms with Gasteiger partial charge in [0, 0.05) is 10.4 Å². The predicted molar refractivity (Wildman–Crippen MR) is 92.9 cm³/mol. The molecule has 4 aliphatic carbocycles. The number of furan rings is 1. The maximum atomic E-state index is 12.9. The smallest absolute Gasteiger partial charge is 0.271 e. The van der Waals surface area contributed by atoms with Crippen LogP contribution in [0.15, 0.2) is 22.8 Å². The highest BCUT2D eigenvalue weighted by Crippen LogP contribution is 2.55. The van der Waals surface area contributed by atoms with Crippen LogP contribution >= 0.6 is 11.3 Å². The van der Waals surface area contributed by atoms with E-state index in [0.717, 1.165) is 33.4 Å². The molecule has 1 amide bonds. The predicted octanol–water partition coefficient (Wildman–Crippen LogP) is 4.41. The molecule has 4 fully saturated rings. The second-order valence-electron chi connectivity index (χ2n) is 8.05. The number of nitrogens with one attached hydrogen (secondary N) is 1. The third-order valence-electron chi connectivity index (χ3n) is 6.16. The van der Waals surface area contributed by atoms with Gasteiger partial charge in [0.15, 0.2) is 10.8 Å². The maximum Gasteiger partial charge on any atom is 0.271 e. The number of hydrogen-bond acceptors (Lipinski definition) is 4. The highest BCUT2D eigenvalue weighted by molar-refractivity contribution is 7.15.